The van der Waals surface area contributed by atoms with Gasteiger partial charge in [-0.3, -0.25) is 4.79 Å². The average Bonchev–Trinajstić information content (AvgIpc) is 2.42. The highest BCUT2D eigenvalue weighted by Gasteiger charge is 2.23. The largest absolute Gasteiger partial charge is 0.497 e. The molecular weight excluding hydrogens is 294 g/mol. The topological polar surface area (TPSA) is 92.7 Å². The van der Waals surface area contributed by atoms with E-state index in [0.717, 1.165) is 6.42 Å². The van der Waals surface area contributed by atoms with E-state index in [-0.39, 0.29) is 12.2 Å². The first kappa shape index (κ1) is 17.5. The minimum Gasteiger partial charge on any atom is -0.497 e. The number of unbranched alkanes of at least 4 members (excludes halogenated alkanes) is 1. The molecule has 21 heavy (non-hydrogen) atoms. The highest BCUT2D eigenvalue weighted by molar-refractivity contribution is 7.88. The maximum atomic E-state index is 12.1. The van der Waals surface area contributed by atoms with E-state index in [1.165, 1.54) is 7.11 Å². The minimum absolute atomic E-state index is 0.278. The summed E-state index contributed by atoms with van der Waals surface area (Å²) in [5, 5.41) is 9.06. The standard InChI is InChI=1S/C14H21NO5S/c1-3-4-8-13(14(16)17)15-21(18,19)10-11-6-5-7-12(9-11)20-2/h5-7,9,13,15H,3-4,8,10H2,1-2H3,(H,16,17)/t13-/m0/s1. The number of ether oxygens (including phenoxy) is 1. The predicted octanol–water partition coefficient (Wildman–Crippen LogP) is 1.76. The highest BCUT2D eigenvalue weighted by atomic mass is 32.2. The van der Waals surface area contributed by atoms with Crippen LogP contribution in [0.4, 0.5) is 0 Å². The van der Waals surface area contributed by atoms with Crippen molar-refractivity contribution in [2.75, 3.05) is 7.11 Å². The van der Waals surface area contributed by atoms with Crippen LogP contribution in [0.25, 0.3) is 0 Å². The lowest BCUT2D eigenvalue weighted by Crippen LogP contribution is -2.41. The minimum atomic E-state index is -3.72. The van der Waals surface area contributed by atoms with Crippen LogP contribution in [0.3, 0.4) is 0 Å². The van der Waals surface area contributed by atoms with Gasteiger partial charge in [0.2, 0.25) is 10.0 Å². The van der Waals surface area contributed by atoms with Crippen molar-refractivity contribution >= 4 is 16.0 Å². The van der Waals surface area contributed by atoms with Crippen LogP contribution in [-0.4, -0.2) is 32.6 Å². The molecule has 1 atom stereocenters. The van der Waals surface area contributed by atoms with Crippen molar-refractivity contribution in [3.63, 3.8) is 0 Å². The second kappa shape index (κ2) is 7.99. The third-order valence-corrected chi connectivity index (χ3v) is 4.31. The molecule has 0 aromatic heterocycles. The monoisotopic (exact) mass is 315 g/mol. The molecule has 0 aliphatic heterocycles. The van der Waals surface area contributed by atoms with Crippen LogP contribution in [0, 0.1) is 0 Å². The van der Waals surface area contributed by atoms with Gasteiger partial charge in [-0.1, -0.05) is 31.9 Å². The lowest BCUT2D eigenvalue weighted by molar-refractivity contribution is -0.139. The van der Waals surface area contributed by atoms with Crippen LogP contribution in [0.5, 0.6) is 5.75 Å². The molecule has 0 bridgehead atoms. The zero-order chi connectivity index (χ0) is 15.9. The van der Waals surface area contributed by atoms with Gasteiger partial charge in [-0.05, 0) is 24.1 Å². The Balaban J connectivity index is 2.77. The van der Waals surface area contributed by atoms with Crippen LogP contribution in [0.15, 0.2) is 24.3 Å². The first-order valence-electron chi connectivity index (χ1n) is 6.73. The number of hydrogen-bond donors (Lipinski definition) is 2. The summed E-state index contributed by atoms with van der Waals surface area (Å²) < 4.78 is 31.4. The molecule has 0 saturated carbocycles. The molecule has 0 amide bonds. The molecule has 7 heteroatoms. The van der Waals surface area contributed by atoms with Gasteiger partial charge in [0, 0.05) is 0 Å². The smallest absolute Gasteiger partial charge is 0.321 e. The van der Waals surface area contributed by atoms with Crippen molar-refractivity contribution in [2.24, 2.45) is 0 Å². The van der Waals surface area contributed by atoms with Crippen molar-refractivity contribution in [2.45, 2.75) is 38.0 Å². The zero-order valence-electron chi connectivity index (χ0n) is 12.2. The Bertz CT molecular complexity index is 570. The lowest BCUT2D eigenvalue weighted by atomic mass is 10.1. The molecule has 0 heterocycles. The fourth-order valence-electron chi connectivity index (χ4n) is 1.88. The molecule has 0 aliphatic carbocycles. The fraction of sp³-hybridized carbons (Fsp3) is 0.500. The van der Waals surface area contributed by atoms with E-state index in [9.17, 15) is 13.2 Å². The maximum absolute atomic E-state index is 12.1. The predicted molar refractivity (Wildman–Crippen MR) is 79.7 cm³/mol. The normalized spacial score (nSPS) is 12.9. The Morgan fingerprint density at radius 3 is 2.71 bits per heavy atom. The van der Waals surface area contributed by atoms with Gasteiger partial charge < -0.3 is 9.84 Å². The summed E-state index contributed by atoms with van der Waals surface area (Å²) >= 11 is 0. The Hall–Kier alpha value is -1.60. The van der Waals surface area contributed by atoms with Gasteiger partial charge in [0.05, 0.1) is 12.9 Å². The molecule has 6 nitrogen and oxygen atoms in total. The van der Waals surface area contributed by atoms with Crippen molar-refractivity contribution in [1.29, 1.82) is 0 Å². The van der Waals surface area contributed by atoms with Crippen LogP contribution in [0.2, 0.25) is 0 Å². The SMILES string of the molecule is CCCC[C@H](NS(=O)(=O)Cc1cccc(OC)c1)C(=O)O. The molecule has 0 saturated heterocycles. The van der Waals surface area contributed by atoms with Crippen molar-refractivity contribution in [3.05, 3.63) is 29.8 Å². The highest BCUT2D eigenvalue weighted by Crippen LogP contribution is 2.15. The molecule has 118 valence electrons. The quantitative estimate of drug-likeness (QED) is 0.724. The Morgan fingerprint density at radius 1 is 1.43 bits per heavy atom. The molecule has 1 aromatic rings. The summed E-state index contributed by atoms with van der Waals surface area (Å²) in [6, 6.07) is 5.59. The zero-order valence-corrected chi connectivity index (χ0v) is 13.0. The molecule has 1 aromatic carbocycles. The first-order valence-corrected chi connectivity index (χ1v) is 8.39. The number of sulfonamides is 1. The number of carboxylic acid groups (broad SMARTS) is 1. The third-order valence-electron chi connectivity index (χ3n) is 2.96. The van der Waals surface area contributed by atoms with Crippen LogP contribution in [0.1, 0.15) is 31.7 Å². The van der Waals surface area contributed by atoms with E-state index in [1.807, 2.05) is 6.92 Å². The van der Waals surface area contributed by atoms with Crippen LogP contribution >= 0.6 is 0 Å². The van der Waals surface area contributed by atoms with E-state index in [0.29, 0.717) is 17.7 Å². The number of benzene rings is 1. The summed E-state index contributed by atoms with van der Waals surface area (Å²) in [7, 11) is -2.22. The number of hydrogen-bond acceptors (Lipinski definition) is 4. The van der Waals surface area contributed by atoms with Gasteiger partial charge in [0.1, 0.15) is 11.8 Å². The number of rotatable bonds is 9. The fourth-order valence-corrected chi connectivity index (χ4v) is 3.24. The molecule has 0 unspecified atom stereocenters. The van der Waals surface area contributed by atoms with E-state index in [2.05, 4.69) is 4.72 Å². The number of nitrogens with one attached hydrogen (secondary N) is 1. The van der Waals surface area contributed by atoms with Crippen LogP contribution < -0.4 is 9.46 Å². The molecule has 0 fully saturated rings. The van der Waals surface area contributed by atoms with E-state index in [4.69, 9.17) is 9.84 Å². The molecule has 0 aliphatic rings. The molecular formula is C14H21NO5S. The Labute approximate surface area is 125 Å². The van der Waals surface area contributed by atoms with Gasteiger partial charge >= 0.3 is 5.97 Å². The summed E-state index contributed by atoms with van der Waals surface area (Å²) in [6.45, 7) is 1.92. The number of aliphatic carboxylic acids is 1. The molecule has 1 rings (SSSR count). The molecule has 0 spiro atoms. The maximum Gasteiger partial charge on any atom is 0.321 e. The van der Waals surface area contributed by atoms with E-state index in [1.54, 1.807) is 24.3 Å². The first-order chi connectivity index (χ1) is 9.88. The second-order valence-electron chi connectivity index (χ2n) is 4.76. The van der Waals surface area contributed by atoms with E-state index >= 15 is 0 Å². The van der Waals surface area contributed by atoms with Crippen molar-refractivity contribution < 1.29 is 23.1 Å². The second-order valence-corrected chi connectivity index (χ2v) is 6.52. The van der Waals surface area contributed by atoms with Crippen LogP contribution in [-0.2, 0) is 20.6 Å². The van der Waals surface area contributed by atoms with Gasteiger partial charge in [0.15, 0.2) is 0 Å². The summed E-state index contributed by atoms with van der Waals surface area (Å²) in [4.78, 5) is 11.1. The Kier molecular flexibility index (Phi) is 6.64. The summed E-state index contributed by atoms with van der Waals surface area (Å²) in [5.74, 6) is -0.874. The van der Waals surface area contributed by atoms with Gasteiger partial charge in [-0.25, -0.2) is 13.1 Å². The number of carbonyl (C=O) groups is 1. The number of carboxylic acids is 1. The van der Waals surface area contributed by atoms with Gasteiger partial charge in [-0.15, -0.1) is 0 Å². The lowest BCUT2D eigenvalue weighted by Gasteiger charge is -2.14. The molecule has 2 N–H and O–H groups in total. The van der Waals surface area contributed by atoms with E-state index < -0.39 is 22.0 Å². The third kappa shape index (κ3) is 6.14. The average molecular weight is 315 g/mol. The summed E-state index contributed by atoms with van der Waals surface area (Å²) in [6.07, 6.45) is 1.74. The molecule has 0 radical (unpaired) electrons. The summed E-state index contributed by atoms with van der Waals surface area (Å²) in [5.41, 5.74) is 0.543. The van der Waals surface area contributed by atoms with Gasteiger partial charge in [0.25, 0.3) is 0 Å². The van der Waals surface area contributed by atoms with Crippen molar-refractivity contribution in [3.8, 4) is 5.75 Å². The van der Waals surface area contributed by atoms with Crippen molar-refractivity contribution in [1.82, 2.24) is 4.72 Å². The van der Waals surface area contributed by atoms with Gasteiger partial charge in [-0.2, -0.15) is 0 Å². The number of methoxy groups -OCH3 is 1. The Morgan fingerprint density at radius 2 is 2.14 bits per heavy atom.